The van der Waals surface area contributed by atoms with E-state index in [-0.39, 0.29) is 5.97 Å². The van der Waals surface area contributed by atoms with Gasteiger partial charge in [0, 0.05) is 13.1 Å². The summed E-state index contributed by atoms with van der Waals surface area (Å²) in [6.07, 6.45) is 5.43. The van der Waals surface area contributed by atoms with Crippen LogP contribution in [-0.4, -0.2) is 50.2 Å². The van der Waals surface area contributed by atoms with Gasteiger partial charge in [-0.05, 0) is 39.8 Å². The lowest BCUT2D eigenvalue weighted by Gasteiger charge is -2.42. The molecule has 0 amide bonds. The summed E-state index contributed by atoms with van der Waals surface area (Å²) in [5, 5.41) is 3.54. The molecule has 19 heavy (non-hydrogen) atoms. The van der Waals surface area contributed by atoms with Gasteiger partial charge in [-0.25, -0.2) is 0 Å². The van der Waals surface area contributed by atoms with Crippen LogP contribution >= 0.6 is 0 Å². The summed E-state index contributed by atoms with van der Waals surface area (Å²) in [5.74, 6) is 0.364. The Morgan fingerprint density at radius 2 is 2.11 bits per heavy atom. The molecular weight excluding hydrogens is 240 g/mol. The van der Waals surface area contributed by atoms with E-state index in [1.807, 2.05) is 6.92 Å². The molecule has 0 heterocycles. The predicted octanol–water partition coefficient (Wildman–Crippen LogP) is 2.04. The minimum Gasteiger partial charge on any atom is -0.465 e. The van der Waals surface area contributed by atoms with Gasteiger partial charge in [0.1, 0.15) is 5.54 Å². The molecule has 1 N–H and O–H groups in total. The molecule has 1 aliphatic carbocycles. The average molecular weight is 270 g/mol. The van der Waals surface area contributed by atoms with Gasteiger partial charge >= 0.3 is 5.97 Å². The Morgan fingerprint density at radius 3 is 2.68 bits per heavy atom. The standard InChI is InChI=1S/C15H30N2O2/c1-5-13-9-7-8-10-15(13,14(18)19-6-2)16-11-12-17(3)4/h13,16H,5-12H2,1-4H3. The molecule has 2 atom stereocenters. The maximum absolute atomic E-state index is 12.5. The van der Waals surface area contributed by atoms with Crippen LogP contribution in [0, 0.1) is 5.92 Å². The Hall–Kier alpha value is -0.610. The Bertz CT molecular complexity index is 281. The molecule has 0 aliphatic heterocycles. The SMILES string of the molecule is CCOC(=O)C1(NCCN(C)C)CCCCC1CC. The number of esters is 1. The third kappa shape index (κ3) is 4.18. The van der Waals surface area contributed by atoms with Gasteiger partial charge in [-0.1, -0.05) is 26.2 Å². The molecule has 0 bridgehead atoms. The smallest absolute Gasteiger partial charge is 0.326 e. The number of nitrogens with zero attached hydrogens (tertiary/aromatic N) is 1. The van der Waals surface area contributed by atoms with Gasteiger partial charge in [-0.2, -0.15) is 0 Å². The highest BCUT2D eigenvalue weighted by Gasteiger charge is 2.46. The molecule has 0 aromatic carbocycles. The van der Waals surface area contributed by atoms with E-state index >= 15 is 0 Å². The van der Waals surface area contributed by atoms with Gasteiger partial charge in [0.2, 0.25) is 0 Å². The first-order valence-corrected chi connectivity index (χ1v) is 7.63. The summed E-state index contributed by atoms with van der Waals surface area (Å²) >= 11 is 0. The topological polar surface area (TPSA) is 41.6 Å². The highest BCUT2D eigenvalue weighted by Crippen LogP contribution is 2.37. The molecule has 4 nitrogen and oxygen atoms in total. The number of carbonyl (C=O) groups is 1. The molecule has 0 aromatic heterocycles. The van der Waals surface area contributed by atoms with Crippen LogP contribution in [0.4, 0.5) is 0 Å². The Kier molecular flexibility index (Phi) is 6.80. The van der Waals surface area contributed by atoms with Gasteiger partial charge < -0.3 is 15.0 Å². The zero-order valence-corrected chi connectivity index (χ0v) is 13.0. The first-order valence-electron chi connectivity index (χ1n) is 7.63. The van der Waals surface area contributed by atoms with E-state index in [0.29, 0.717) is 12.5 Å². The Labute approximate surface area is 117 Å². The van der Waals surface area contributed by atoms with Gasteiger partial charge in [0.05, 0.1) is 6.61 Å². The number of hydrogen-bond donors (Lipinski definition) is 1. The zero-order chi connectivity index (χ0) is 14.3. The summed E-state index contributed by atoms with van der Waals surface area (Å²) in [4.78, 5) is 14.6. The van der Waals surface area contributed by atoms with Gasteiger partial charge in [0.15, 0.2) is 0 Å². The third-order valence-electron chi connectivity index (χ3n) is 4.20. The van der Waals surface area contributed by atoms with Crippen molar-refractivity contribution in [1.29, 1.82) is 0 Å². The van der Waals surface area contributed by atoms with Crippen molar-refractivity contribution in [3.05, 3.63) is 0 Å². The van der Waals surface area contributed by atoms with E-state index in [1.165, 1.54) is 6.42 Å². The zero-order valence-electron chi connectivity index (χ0n) is 13.0. The molecular formula is C15H30N2O2. The van der Waals surface area contributed by atoms with Crippen LogP contribution in [-0.2, 0) is 9.53 Å². The van der Waals surface area contributed by atoms with Crippen LogP contribution in [0.5, 0.6) is 0 Å². The fourth-order valence-electron chi connectivity index (χ4n) is 3.13. The van der Waals surface area contributed by atoms with Crippen molar-refractivity contribution >= 4 is 5.97 Å². The lowest BCUT2D eigenvalue weighted by atomic mass is 9.71. The van der Waals surface area contributed by atoms with Crippen LogP contribution < -0.4 is 5.32 Å². The molecule has 1 fully saturated rings. The van der Waals surface area contributed by atoms with E-state index in [2.05, 4.69) is 31.2 Å². The Morgan fingerprint density at radius 1 is 1.37 bits per heavy atom. The first-order chi connectivity index (χ1) is 9.06. The minimum atomic E-state index is -0.445. The monoisotopic (exact) mass is 270 g/mol. The van der Waals surface area contributed by atoms with Crippen molar-refractivity contribution in [3.63, 3.8) is 0 Å². The van der Waals surface area contributed by atoms with Gasteiger partial charge in [-0.3, -0.25) is 4.79 Å². The van der Waals surface area contributed by atoms with E-state index in [1.54, 1.807) is 0 Å². The summed E-state index contributed by atoms with van der Waals surface area (Å²) in [7, 11) is 4.10. The Balaban J connectivity index is 2.78. The number of hydrogen-bond acceptors (Lipinski definition) is 4. The second-order valence-electron chi connectivity index (χ2n) is 5.77. The number of ether oxygens (including phenoxy) is 1. The molecule has 0 saturated heterocycles. The fraction of sp³-hybridized carbons (Fsp3) is 0.933. The average Bonchev–Trinajstić information content (AvgIpc) is 2.39. The second kappa shape index (κ2) is 7.85. The molecule has 112 valence electrons. The quantitative estimate of drug-likeness (QED) is 0.719. The largest absolute Gasteiger partial charge is 0.465 e. The number of likely N-dealkylation sites (N-methyl/N-ethyl adjacent to an activating group) is 1. The molecule has 1 rings (SSSR count). The molecule has 2 unspecified atom stereocenters. The molecule has 0 aromatic rings. The summed E-state index contributed by atoms with van der Waals surface area (Å²) < 4.78 is 5.36. The number of carbonyl (C=O) groups excluding carboxylic acids is 1. The van der Waals surface area contributed by atoms with Crippen LogP contribution in [0.3, 0.4) is 0 Å². The van der Waals surface area contributed by atoms with Gasteiger partial charge in [0.25, 0.3) is 0 Å². The maximum atomic E-state index is 12.5. The van der Waals surface area contributed by atoms with Crippen LogP contribution in [0.2, 0.25) is 0 Å². The van der Waals surface area contributed by atoms with Crippen LogP contribution in [0.25, 0.3) is 0 Å². The lowest BCUT2D eigenvalue weighted by molar-refractivity contribution is -0.156. The third-order valence-corrected chi connectivity index (χ3v) is 4.20. The van der Waals surface area contributed by atoms with Crippen molar-refractivity contribution in [2.75, 3.05) is 33.8 Å². The number of rotatable bonds is 7. The highest BCUT2D eigenvalue weighted by atomic mass is 16.5. The van der Waals surface area contributed by atoms with Gasteiger partial charge in [-0.15, -0.1) is 0 Å². The van der Waals surface area contributed by atoms with E-state index < -0.39 is 5.54 Å². The maximum Gasteiger partial charge on any atom is 0.326 e. The molecule has 1 aliphatic rings. The normalized spacial score (nSPS) is 27.5. The summed E-state index contributed by atoms with van der Waals surface area (Å²) in [6, 6.07) is 0. The fourth-order valence-corrected chi connectivity index (χ4v) is 3.13. The predicted molar refractivity (Wildman–Crippen MR) is 78.2 cm³/mol. The van der Waals surface area contributed by atoms with E-state index in [4.69, 9.17) is 4.74 Å². The first kappa shape index (κ1) is 16.4. The number of nitrogens with one attached hydrogen (secondary N) is 1. The van der Waals surface area contributed by atoms with Crippen molar-refractivity contribution < 1.29 is 9.53 Å². The van der Waals surface area contributed by atoms with E-state index in [9.17, 15) is 4.79 Å². The second-order valence-corrected chi connectivity index (χ2v) is 5.77. The van der Waals surface area contributed by atoms with Crippen molar-refractivity contribution in [2.24, 2.45) is 5.92 Å². The van der Waals surface area contributed by atoms with Crippen molar-refractivity contribution in [1.82, 2.24) is 10.2 Å². The lowest BCUT2D eigenvalue weighted by Crippen LogP contribution is -2.60. The molecule has 1 saturated carbocycles. The van der Waals surface area contributed by atoms with Crippen LogP contribution in [0.1, 0.15) is 46.0 Å². The summed E-state index contributed by atoms with van der Waals surface area (Å²) in [5.41, 5.74) is -0.445. The molecule has 4 heteroatoms. The molecule has 0 radical (unpaired) electrons. The molecule has 0 spiro atoms. The summed E-state index contributed by atoms with van der Waals surface area (Å²) in [6.45, 7) is 6.30. The van der Waals surface area contributed by atoms with Crippen LogP contribution in [0.15, 0.2) is 0 Å². The van der Waals surface area contributed by atoms with Crippen molar-refractivity contribution in [2.45, 2.75) is 51.5 Å². The minimum absolute atomic E-state index is 0.0414. The van der Waals surface area contributed by atoms with E-state index in [0.717, 1.165) is 38.8 Å². The highest BCUT2D eigenvalue weighted by molar-refractivity contribution is 5.81. The van der Waals surface area contributed by atoms with Crippen molar-refractivity contribution in [3.8, 4) is 0 Å².